The van der Waals surface area contributed by atoms with E-state index in [1.165, 1.54) is 0 Å². The summed E-state index contributed by atoms with van der Waals surface area (Å²) in [5.74, 6) is 0.105. The molecule has 0 bridgehead atoms. The topological polar surface area (TPSA) is 64.2 Å². The molecule has 0 atom stereocenters. The van der Waals surface area contributed by atoms with E-state index in [9.17, 15) is 4.79 Å². The maximum absolute atomic E-state index is 12.5. The maximum Gasteiger partial charge on any atom is 0.272 e. The number of aryl methyl sites for hydroxylation is 2. The van der Waals surface area contributed by atoms with E-state index in [1.54, 1.807) is 4.68 Å². The summed E-state index contributed by atoms with van der Waals surface area (Å²) in [7, 11) is 0. The van der Waals surface area contributed by atoms with E-state index < -0.39 is 0 Å². The fraction of sp³-hybridized carbons (Fsp3) is 0.692. The van der Waals surface area contributed by atoms with E-state index in [4.69, 9.17) is 5.73 Å². The van der Waals surface area contributed by atoms with Gasteiger partial charge in [-0.25, -0.2) is 0 Å². The fourth-order valence-electron chi connectivity index (χ4n) is 2.20. The summed E-state index contributed by atoms with van der Waals surface area (Å²) in [4.78, 5) is 14.5. The quantitative estimate of drug-likeness (QED) is 0.824. The van der Waals surface area contributed by atoms with Crippen LogP contribution in [-0.2, 0) is 6.54 Å². The summed E-state index contributed by atoms with van der Waals surface area (Å²) in [6.07, 6.45) is 3.10. The smallest absolute Gasteiger partial charge is 0.272 e. The van der Waals surface area contributed by atoms with E-state index in [1.807, 2.05) is 24.8 Å². The van der Waals surface area contributed by atoms with Crippen molar-refractivity contribution in [1.82, 2.24) is 14.7 Å². The standard InChI is InChI=1S/C13H22N4O/c1-3-17-12(9-10(2)15-17)13(18)16(8-4-7-14)11-5-6-11/h9,11H,3-8,14H2,1-2H3. The Morgan fingerprint density at radius 3 is 2.89 bits per heavy atom. The summed E-state index contributed by atoms with van der Waals surface area (Å²) in [5.41, 5.74) is 7.15. The molecule has 0 radical (unpaired) electrons. The highest BCUT2D eigenvalue weighted by molar-refractivity contribution is 5.93. The first kappa shape index (κ1) is 13.1. The molecule has 1 amide bonds. The third kappa shape index (κ3) is 2.72. The van der Waals surface area contributed by atoms with Crippen molar-refractivity contribution in [1.29, 1.82) is 0 Å². The molecule has 1 saturated carbocycles. The monoisotopic (exact) mass is 250 g/mol. The fourth-order valence-corrected chi connectivity index (χ4v) is 2.20. The van der Waals surface area contributed by atoms with Gasteiger partial charge in [0, 0.05) is 19.1 Å². The first-order valence-corrected chi connectivity index (χ1v) is 6.72. The van der Waals surface area contributed by atoms with Crippen molar-refractivity contribution in [3.05, 3.63) is 17.5 Å². The molecule has 100 valence electrons. The Bertz CT molecular complexity index is 423. The predicted octanol–water partition coefficient (Wildman–Crippen LogP) is 1.16. The van der Waals surface area contributed by atoms with Crippen molar-refractivity contribution in [2.24, 2.45) is 5.73 Å². The van der Waals surface area contributed by atoms with Gasteiger partial charge in [-0.1, -0.05) is 0 Å². The molecule has 1 aromatic heterocycles. The minimum atomic E-state index is 0.105. The lowest BCUT2D eigenvalue weighted by atomic mass is 10.3. The third-order valence-electron chi connectivity index (χ3n) is 3.27. The molecule has 2 N–H and O–H groups in total. The van der Waals surface area contributed by atoms with Crippen molar-refractivity contribution in [3.63, 3.8) is 0 Å². The highest BCUT2D eigenvalue weighted by Gasteiger charge is 2.33. The van der Waals surface area contributed by atoms with Crippen LogP contribution in [0.25, 0.3) is 0 Å². The highest BCUT2D eigenvalue weighted by Crippen LogP contribution is 2.28. The lowest BCUT2D eigenvalue weighted by molar-refractivity contribution is 0.0729. The van der Waals surface area contributed by atoms with E-state index in [-0.39, 0.29) is 5.91 Å². The lowest BCUT2D eigenvalue weighted by Gasteiger charge is -2.22. The number of carbonyl (C=O) groups excluding carboxylic acids is 1. The molecular weight excluding hydrogens is 228 g/mol. The summed E-state index contributed by atoms with van der Waals surface area (Å²) in [5, 5.41) is 4.34. The molecule has 0 aromatic carbocycles. The molecule has 1 fully saturated rings. The van der Waals surface area contributed by atoms with Crippen LogP contribution in [0.1, 0.15) is 42.4 Å². The molecule has 1 aliphatic rings. The molecule has 1 heterocycles. The van der Waals surface area contributed by atoms with E-state index >= 15 is 0 Å². The number of nitrogens with two attached hydrogens (primary N) is 1. The molecule has 5 heteroatoms. The number of aromatic nitrogens is 2. The number of amides is 1. The number of hydrogen-bond acceptors (Lipinski definition) is 3. The molecule has 1 aromatic rings. The van der Waals surface area contributed by atoms with Crippen LogP contribution in [0.2, 0.25) is 0 Å². The van der Waals surface area contributed by atoms with Crippen LogP contribution in [0.15, 0.2) is 6.07 Å². The van der Waals surface area contributed by atoms with Crippen LogP contribution >= 0.6 is 0 Å². The van der Waals surface area contributed by atoms with Crippen LogP contribution in [0.5, 0.6) is 0 Å². The van der Waals surface area contributed by atoms with Crippen LogP contribution in [0.4, 0.5) is 0 Å². The Morgan fingerprint density at radius 1 is 1.61 bits per heavy atom. The maximum atomic E-state index is 12.5. The second kappa shape index (κ2) is 5.52. The summed E-state index contributed by atoms with van der Waals surface area (Å²) >= 11 is 0. The average molecular weight is 250 g/mol. The zero-order chi connectivity index (χ0) is 13.1. The van der Waals surface area contributed by atoms with Crippen LogP contribution in [0, 0.1) is 6.92 Å². The van der Waals surface area contributed by atoms with Gasteiger partial charge in [-0.15, -0.1) is 0 Å². The number of rotatable bonds is 6. The molecule has 0 saturated heterocycles. The van der Waals surface area contributed by atoms with E-state index in [0.717, 1.165) is 38.0 Å². The lowest BCUT2D eigenvalue weighted by Crippen LogP contribution is -2.36. The number of carbonyl (C=O) groups is 1. The Morgan fingerprint density at radius 2 is 2.33 bits per heavy atom. The summed E-state index contributed by atoms with van der Waals surface area (Å²) < 4.78 is 1.79. The van der Waals surface area contributed by atoms with Gasteiger partial charge in [-0.2, -0.15) is 5.10 Å². The molecule has 0 spiro atoms. The Hall–Kier alpha value is -1.36. The third-order valence-corrected chi connectivity index (χ3v) is 3.27. The van der Waals surface area contributed by atoms with Gasteiger partial charge in [0.25, 0.3) is 5.91 Å². The predicted molar refractivity (Wildman–Crippen MR) is 70.4 cm³/mol. The Labute approximate surface area is 108 Å². The Balaban J connectivity index is 2.16. The van der Waals surface area contributed by atoms with Gasteiger partial charge in [-0.3, -0.25) is 9.48 Å². The van der Waals surface area contributed by atoms with Crippen molar-refractivity contribution in [2.45, 2.75) is 45.7 Å². The highest BCUT2D eigenvalue weighted by atomic mass is 16.2. The second-order valence-corrected chi connectivity index (χ2v) is 4.86. The van der Waals surface area contributed by atoms with Crippen molar-refractivity contribution < 1.29 is 4.79 Å². The van der Waals surface area contributed by atoms with Gasteiger partial charge in [-0.05, 0) is 45.7 Å². The zero-order valence-electron chi connectivity index (χ0n) is 11.2. The average Bonchev–Trinajstić information content (AvgIpc) is 3.12. The molecular formula is C13H22N4O. The van der Waals surface area contributed by atoms with E-state index in [2.05, 4.69) is 5.10 Å². The van der Waals surface area contributed by atoms with Gasteiger partial charge in [0.2, 0.25) is 0 Å². The molecule has 0 unspecified atom stereocenters. The second-order valence-electron chi connectivity index (χ2n) is 4.86. The SMILES string of the molecule is CCn1nc(C)cc1C(=O)N(CCCN)C1CC1. The first-order valence-electron chi connectivity index (χ1n) is 6.72. The molecule has 2 rings (SSSR count). The van der Waals surface area contributed by atoms with E-state index in [0.29, 0.717) is 18.3 Å². The minimum absolute atomic E-state index is 0.105. The summed E-state index contributed by atoms with van der Waals surface area (Å²) in [6.45, 7) is 6.04. The van der Waals surface area contributed by atoms with Gasteiger partial charge in [0.15, 0.2) is 0 Å². The van der Waals surface area contributed by atoms with Crippen molar-refractivity contribution in [2.75, 3.05) is 13.1 Å². The van der Waals surface area contributed by atoms with Crippen LogP contribution in [0.3, 0.4) is 0 Å². The molecule has 0 aliphatic heterocycles. The van der Waals surface area contributed by atoms with Crippen molar-refractivity contribution in [3.8, 4) is 0 Å². The summed E-state index contributed by atoms with van der Waals surface area (Å²) in [6, 6.07) is 2.30. The van der Waals surface area contributed by atoms with Crippen molar-refractivity contribution >= 4 is 5.91 Å². The zero-order valence-corrected chi connectivity index (χ0v) is 11.2. The molecule has 5 nitrogen and oxygen atoms in total. The largest absolute Gasteiger partial charge is 0.334 e. The van der Waals surface area contributed by atoms with Gasteiger partial charge in [0.1, 0.15) is 5.69 Å². The minimum Gasteiger partial charge on any atom is -0.334 e. The van der Waals surface area contributed by atoms with Gasteiger partial charge in [0.05, 0.1) is 5.69 Å². The van der Waals surface area contributed by atoms with Crippen LogP contribution in [-0.4, -0.2) is 39.7 Å². The number of hydrogen-bond donors (Lipinski definition) is 1. The van der Waals surface area contributed by atoms with Gasteiger partial charge >= 0.3 is 0 Å². The Kier molecular flexibility index (Phi) is 4.01. The van der Waals surface area contributed by atoms with Gasteiger partial charge < -0.3 is 10.6 Å². The first-order chi connectivity index (χ1) is 8.67. The molecule has 1 aliphatic carbocycles. The molecule has 18 heavy (non-hydrogen) atoms. The normalized spacial score (nSPS) is 14.8. The van der Waals surface area contributed by atoms with Crippen LogP contribution < -0.4 is 5.73 Å². The number of nitrogens with zero attached hydrogens (tertiary/aromatic N) is 3.